The van der Waals surface area contributed by atoms with E-state index in [1.807, 2.05) is 0 Å². The molecule has 3 rings (SSSR count). The number of halogens is 2. The molecule has 1 aliphatic rings. The van der Waals surface area contributed by atoms with Crippen molar-refractivity contribution in [2.45, 2.75) is 43.0 Å². The number of hydrogen-bond donors (Lipinski definition) is 2. The van der Waals surface area contributed by atoms with Crippen LogP contribution in [0.25, 0.3) is 0 Å². The van der Waals surface area contributed by atoms with Gasteiger partial charge in [0.1, 0.15) is 11.6 Å². The summed E-state index contributed by atoms with van der Waals surface area (Å²) in [6.45, 7) is 0. The first-order chi connectivity index (χ1) is 12.8. The van der Waals surface area contributed by atoms with Crippen LogP contribution in [-0.4, -0.2) is 20.4 Å². The van der Waals surface area contributed by atoms with Crippen molar-refractivity contribution in [3.05, 3.63) is 59.7 Å². The molecular formula is C19H20F2N2O3S. The molecule has 5 nitrogen and oxygen atoms in total. The molecule has 1 fully saturated rings. The minimum Gasteiger partial charge on any atom is -0.349 e. The molecule has 0 bridgehead atoms. The van der Waals surface area contributed by atoms with Crippen molar-refractivity contribution in [2.75, 3.05) is 4.72 Å². The Hall–Kier alpha value is -2.48. The van der Waals surface area contributed by atoms with Gasteiger partial charge in [0.25, 0.3) is 15.9 Å². The van der Waals surface area contributed by atoms with Crippen LogP contribution in [0.1, 0.15) is 42.5 Å². The average molecular weight is 394 g/mol. The summed E-state index contributed by atoms with van der Waals surface area (Å²) in [6, 6.07) is 8.09. The van der Waals surface area contributed by atoms with Crippen LogP contribution in [0.2, 0.25) is 0 Å². The molecule has 1 saturated carbocycles. The van der Waals surface area contributed by atoms with Crippen molar-refractivity contribution in [2.24, 2.45) is 0 Å². The van der Waals surface area contributed by atoms with Gasteiger partial charge >= 0.3 is 0 Å². The minimum absolute atomic E-state index is 0.125. The Bertz CT molecular complexity index is 924. The Morgan fingerprint density at radius 1 is 0.963 bits per heavy atom. The minimum atomic E-state index is -4.06. The van der Waals surface area contributed by atoms with Gasteiger partial charge in [0, 0.05) is 17.7 Å². The molecular weight excluding hydrogens is 374 g/mol. The van der Waals surface area contributed by atoms with Gasteiger partial charge in [0.2, 0.25) is 0 Å². The van der Waals surface area contributed by atoms with E-state index in [-0.39, 0.29) is 22.5 Å². The number of benzene rings is 2. The summed E-state index contributed by atoms with van der Waals surface area (Å²) in [5.74, 6) is -2.06. The van der Waals surface area contributed by atoms with Gasteiger partial charge in [0.15, 0.2) is 0 Å². The molecule has 2 aromatic carbocycles. The Labute approximate surface area is 156 Å². The summed E-state index contributed by atoms with van der Waals surface area (Å²) in [4.78, 5) is 12.2. The average Bonchev–Trinajstić information content (AvgIpc) is 2.65. The quantitative estimate of drug-likeness (QED) is 0.809. The normalized spacial score (nSPS) is 15.3. The molecule has 0 aliphatic heterocycles. The molecule has 144 valence electrons. The Balaban J connectivity index is 1.70. The number of sulfonamides is 1. The van der Waals surface area contributed by atoms with Crippen molar-refractivity contribution < 1.29 is 22.0 Å². The number of nitrogens with one attached hydrogen (secondary N) is 2. The summed E-state index contributed by atoms with van der Waals surface area (Å²) >= 11 is 0. The summed E-state index contributed by atoms with van der Waals surface area (Å²) in [5.41, 5.74) is 0.00278. The monoisotopic (exact) mass is 394 g/mol. The molecule has 1 amide bonds. The maximum Gasteiger partial charge on any atom is 0.261 e. The van der Waals surface area contributed by atoms with Crippen LogP contribution in [-0.2, 0) is 10.0 Å². The standard InChI is InChI=1S/C19H20F2N2O3S/c20-14-8-11-18(17(21)12-14)23-27(25,26)16-9-6-13(7-10-16)19(24)22-15-4-2-1-3-5-15/h6-12,15,23H,1-5H2,(H,22,24). The van der Waals surface area contributed by atoms with Gasteiger partial charge < -0.3 is 5.32 Å². The van der Waals surface area contributed by atoms with E-state index in [1.165, 1.54) is 30.7 Å². The van der Waals surface area contributed by atoms with E-state index >= 15 is 0 Å². The van der Waals surface area contributed by atoms with E-state index in [2.05, 4.69) is 10.0 Å². The molecule has 0 aromatic heterocycles. The Morgan fingerprint density at radius 2 is 1.63 bits per heavy atom. The number of hydrogen-bond acceptors (Lipinski definition) is 3. The van der Waals surface area contributed by atoms with E-state index in [1.54, 1.807) is 0 Å². The largest absolute Gasteiger partial charge is 0.349 e. The maximum absolute atomic E-state index is 13.7. The highest BCUT2D eigenvalue weighted by molar-refractivity contribution is 7.92. The van der Waals surface area contributed by atoms with Crippen LogP contribution in [0, 0.1) is 11.6 Å². The second-order valence-corrected chi connectivity index (χ2v) is 8.24. The molecule has 27 heavy (non-hydrogen) atoms. The summed E-state index contributed by atoms with van der Waals surface area (Å²) in [7, 11) is -4.06. The second kappa shape index (κ2) is 8.04. The lowest BCUT2D eigenvalue weighted by Crippen LogP contribution is -2.36. The fourth-order valence-corrected chi connectivity index (χ4v) is 4.14. The highest BCUT2D eigenvalue weighted by atomic mass is 32.2. The predicted molar refractivity (Wildman–Crippen MR) is 97.9 cm³/mol. The van der Waals surface area contributed by atoms with Gasteiger partial charge in [-0.1, -0.05) is 19.3 Å². The van der Waals surface area contributed by atoms with Gasteiger partial charge in [-0.05, 0) is 49.2 Å². The lowest BCUT2D eigenvalue weighted by atomic mass is 9.95. The van der Waals surface area contributed by atoms with Gasteiger partial charge in [0.05, 0.1) is 10.6 Å². The molecule has 0 spiro atoms. The van der Waals surface area contributed by atoms with Crippen molar-refractivity contribution in [3.8, 4) is 0 Å². The molecule has 0 atom stereocenters. The zero-order valence-corrected chi connectivity index (χ0v) is 15.4. The van der Waals surface area contributed by atoms with E-state index in [9.17, 15) is 22.0 Å². The predicted octanol–water partition coefficient (Wildman–Crippen LogP) is 3.83. The lowest BCUT2D eigenvalue weighted by Gasteiger charge is -2.22. The number of anilines is 1. The zero-order chi connectivity index (χ0) is 19.4. The molecule has 2 aromatic rings. The van der Waals surface area contributed by atoms with E-state index in [0.29, 0.717) is 11.6 Å². The third kappa shape index (κ3) is 4.82. The fraction of sp³-hybridized carbons (Fsp3) is 0.316. The van der Waals surface area contributed by atoms with Crippen LogP contribution < -0.4 is 10.0 Å². The molecule has 0 unspecified atom stereocenters. The highest BCUT2D eigenvalue weighted by Gasteiger charge is 2.19. The third-order valence-corrected chi connectivity index (χ3v) is 5.92. The topological polar surface area (TPSA) is 75.3 Å². The van der Waals surface area contributed by atoms with Crippen LogP contribution in [0.5, 0.6) is 0 Å². The second-order valence-electron chi connectivity index (χ2n) is 6.56. The SMILES string of the molecule is O=C(NC1CCCCC1)c1ccc(S(=O)(=O)Nc2ccc(F)cc2F)cc1. The molecule has 1 aliphatic carbocycles. The van der Waals surface area contributed by atoms with Crippen molar-refractivity contribution in [1.82, 2.24) is 5.32 Å². The van der Waals surface area contributed by atoms with Crippen LogP contribution >= 0.6 is 0 Å². The lowest BCUT2D eigenvalue weighted by molar-refractivity contribution is 0.0927. The van der Waals surface area contributed by atoms with Crippen LogP contribution in [0.3, 0.4) is 0 Å². The van der Waals surface area contributed by atoms with Gasteiger partial charge in [-0.3, -0.25) is 9.52 Å². The molecule has 0 radical (unpaired) electrons. The molecule has 0 heterocycles. The smallest absolute Gasteiger partial charge is 0.261 e. The van der Waals surface area contributed by atoms with Crippen LogP contribution in [0.4, 0.5) is 14.5 Å². The first-order valence-corrected chi connectivity index (χ1v) is 10.2. The number of carbonyl (C=O) groups is 1. The molecule has 8 heteroatoms. The maximum atomic E-state index is 13.7. The number of carbonyl (C=O) groups excluding carboxylic acids is 1. The van der Waals surface area contributed by atoms with Crippen molar-refractivity contribution in [3.63, 3.8) is 0 Å². The first kappa shape index (κ1) is 19.3. The Morgan fingerprint density at radius 3 is 2.26 bits per heavy atom. The molecule has 2 N–H and O–H groups in total. The van der Waals surface area contributed by atoms with Crippen LogP contribution in [0.15, 0.2) is 47.4 Å². The van der Waals surface area contributed by atoms with Gasteiger partial charge in [-0.2, -0.15) is 0 Å². The van der Waals surface area contributed by atoms with Crippen molar-refractivity contribution in [1.29, 1.82) is 0 Å². The summed E-state index contributed by atoms with van der Waals surface area (Å²) in [5, 5.41) is 2.96. The fourth-order valence-electron chi connectivity index (χ4n) is 3.08. The number of rotatable bonds is 5. The number of amides is 1. The highest BCUT2D eigenvalue weighted by Crippen LogP contribution is 2.21. The molecule has 0 saturated heterocycles. The Kier molecular flexibility index (Phi) is 5.74. The van der Waals surface area contributed by atoms with Gasteiger partial charge in [-0.15, -0.1) is 0 Å². The summed E-state index contributed by atoms with van der Waals surface area (Å²) in [6.07, 6.45) is 5.26. The van der Waals surface area contributed by atoms with Gasteiger partial charge in [-0.25, -0.2) is 17.2 Å². The first-order valence-electron chi connectivity index (χ1n) is 8.74. The van der Waals surface area contributed by atoms with E-state index in [4.69, 9.17) is 0 Å². The third-order valence-electron chi connectivity index (χ3n) is 4.54. The van der Waals surface area contributed by atoms with Crippen molar-refractivity contribution >= 4 is 21.6 Å². The summed E-state index contributed by atoms with van der Waals surface area (Å²) < 4.78 is 53.4. The zero-order valence-electron chi connectivity index (χ0n) is 14.5. The van der Waals surface area contributed by atoms with E-state index < -0.39 is 21.7 Å². The van der Waals surface area contributed by atoms with E-state index in [0.717, 1.165) is 37.8 Å².